The molecule has 4 fully saturated rings. The van der Waals surface area contributed by atoms with Gasteiger partial charge in [0.15, 0.2) is 18.5 Å². The van der Waals surface area contributed by atoms with Gasteiger partial charge in [-0.2, -0.15) is 0 Å². The van der Waals surface area contributed by atoms with Crippen LogP contribution in [0.4, 0.5) is 0 Å². The number of allylic oxidation sites excluding steroid dienone is 4. The van der Waals surface area contributed by atoms with Crippen molar-refractivity contribution in [1.29, 1.82) is 0 Å². The molecule has 7 heteroatoms. The molecule has 0 radical (unpaired) electrons. The van der Waals surface area contributed by atoms with Gasteiger partial charge in [0, 0.05) is 10.8 Å². The molecular weight excluding hydrogens is 424 g/mol. The van der Waals surface area contributed by atoms with Crippen LogP contribution < -0.4 is 0 Å². The third kappa shape index (κ3) is 3.22. The standard InChI is InChI=1S/C26H34O7/c1-15(27)22-23(30)31-13-21(29)26(33-14-32-22)11-8-20-18-5-4-16-12-17(28)6-9-24(16,2)19(18)7-10-25(20,26)3/h6,9,12,15,18-20,22,27H,4-5,7-8,10-11,13-14H2,1-3H3/t15?,18-,19+,20+,22?,24+,25+,26+/m1/s1. The van der Waals surface area contributed by atoms with Crippen molar-refractivity contribution >= 4 is 17.5 Å². The van der Waals surface area contributed by atoms with Crippen molar-refractivity contribution in [3.8, 4) is 0 Å². The maximum absolute atomic E-state index is 13.5. The van der Waals surface area contributed by atoms with Gasteiger partial charge in [-0.15, -0.1) is 0 Å². The van der Waals surface area contributed by atoms with E-state index in [1.807, 2.05) is 6.08 Å². The summed E-state index contributed by atoms with van der Waals surface area (Å²) in [7, 11) is 0. The van der Waals surface area contributed by atoms with Crippen molar-refractivity contribution < 1.29 is 33.7 Å². The molecule has 1 N–H and O–H groups in total. The minimum atomic E-state index is -1.17. The number of ketones is 2. The second-order valence-corrected chi connectivity index (χ2v) is 11.0. The molecule has 3 saturated carbocycles. The zero-order chi connectivity index (χ0) is 23.6. The summed E-state index contributed by atoms with van der Waals surface area (Å²) in [5, 5.41) is 9.88. The van der Waals surface area contributed by atoms with Gasteiger partial charge in [-0.1, -0.05) is 25.5 Å². The van der Waals surface area contributed by atoms with Crippen LogP contribution in [0.5, 0.6) is 0 Å². The lowest BCUT2D eigenvalue weighted by Crippen LogP contribution is -2.59. The van der Waals surface area contributed by atoms with Crippen LogP contribution >= 0.6 is 0 Å². The second-order valence-electron chi connectivity index (χ2n) is 11.0. The number of cyclic esters (lactones) is 1. The summed E-state index contributed by atoms with van der Waals surface area (Å²) in [6.45, 7) is 5.28. The fourth-order valence-electron chi connectivity index (χ4n) is 7.92. The van der Waals surface area contributed by atoms with Gasteiger partial charge in [0.1, 0.15) is 12.4 Å². The largest absolute Gasteiger partial charge is 0.456 e. The third-order valence-corrected chi connectivity index (χ3v) is 9.70. The highest BCUT2D eigenvalue weighted by Gasteiger charge is 2.67. The zero-order valence-electron chi connectivity index (χ0n) is 19.7. The molecule has 1 spiro atoms. The van der Waals surface area contributed by atoms with Crippen molar-refractivity contribution in [3.05, 3.63) is 23.8 Å². The number of carbonyl (C=O) groups excluding carboxylic acids is 3. The van der Waals surface area contributed by atoms with E-state index in [-0.39, 0.29) is 30.4 Å². The van der Waals surface area contributed by atoms with E-state index in [1.165, 1.54) is 12.5 Å². The van der Waals surface area contributed by atoms with Gasteiger partial charge >= 0.3 is 5.97 Å². The molecule has 180 valence electrons. The fourth-order valence-corrected chi connectivity index (χ4v) is 7.92. The van der Waals surface area contributed by atoms with Gasteiger partial charge < -0.3 is 19.3 Å². The van der Waals surface area contributed by atoms with E-state index in [2.05, 4.69) is 19.9 Å². The number of aliphatic hydroxyl groups excluding tert-OH is 1. The van der Waals surface area contributed by atoms with Crippen molar-refractivity contribution in [3.63, 3.8) is 0 Å². The molecule has 33 heavy (non-hydrogen) atoms. The molecule has 1 aliphatic heterocycles. The molecule has 0 aromatic rings. The molecule has 0 bridgehead atoms. The Balaban J connectivity index is 1.44. The van der Waals surface area contributed by atoms with E-state index in [4.69, 9.17) is 14.2 Å². The molecule has 7 nitrogen and oxygen atoms in total. The number of Topliss-reactive ketones (excluding diaryl/α,β-unsaturated/α-hetero) is 1. The maximum atomic E-state index is 13.5. The van der Waals surface area contributed by atoms with Crippen molar-refractivity contribution in [2.45, 2.75) is 77.1 Å². The minimum Gasteiger partial charge on any atom is -0.456 e. The maximum Gasteiger partial charge on any atom is 0.338 e. The zero-order valence-corrected chi connectivity index (χ0v) is 19.7. The first-order valence-corrected chi connectivity index (χ1v) is 12.2. The van der Waals surface area contributed by atoms with Crippen molar-refractivity contribution in [2.75, 3.05) is 13.4 Å². The van der Waals surface area contributed by atoms with E-state index in [1.54, 1.807) is 6.08 Å². The minimum absolute atomic E-state index is 0.0797. The highest BCUT2D eigenvalue weighted by atomic mass is 16.7. The lowest BCUT2D eigenvalue weighted by molar-refractivity contribution is -0.215. The van der Waals surface area contributed by atoms with Crippen LogP contribution in [-0.4, -0.2) is 53.9 Å². The number of hydrogen-bond acceptors (Lipinski definition) is 7. The molecule has 1 heterocycles. The van der Waals surface area contributed by atoms with Crippen LogP contribution in [0.1, 0.15) is 59.3 Å². The number of aliphatic hydroxyl groups is 1. The van der Waals surface area contributed by atoms with Gasteiger partial charge in [0.2, 0.25) is 5.78 Å². The average Bonchev–Trinajstić information content (AvgIpc) is 3.10. The Hall–Kier alpha value is -1.83. The summed E-state index contributed by atoms with van der Waals surface area (Å²) in [6.07, 6.45) is 8.54. The quantitative estimate of drug-likeness (QED) is 0.603. The van der Waals surface area contributed by atoms with Crippen molar-refractivity contribution in [1.82, 2.24) is 0 Å². The Bertz CT molecular complexity index is 935. The van der Waals surface area contributed by atoms with Gasteiger partial charge in [0.05, 0.1) is 6.10 Å². The molecule has 2 unspecified atom stereocenters. The van der Waals surface area contributed by atoms with E-state index < -0.39 is 29.2 Å². The topological polar surface area (TPSA) is 99.1 Å². The fraction of sp³-hybridized carbons (Fsp3) is 0.731. The summed E-state index contributed by atoms with van der Waals surface area (Å²) < 4.78 is 17.1. The molecule has 0 amide bonds. The van der Waals surface area contributed by atoms with Crippen LogP contribution in [-0.2, 0) is 28.6 Å². The second kappa shape index (κ2) is 7.85. The Kier molecular flexibility index (Phi) is 5.46. The highest BCUT2D eigenvalue weighted by Crippen LogP contribution is 2.67. The number of esters is 1. The smallest absolute Gasteiger partial charge is 0.338 e. The number of carbonyl (C=O) groups is 3. The predicted molar refractivity (Wildman–Crippen MR) is 118 cm³/mol. The molecule has 4 aliphatic carbocycles. The first-order valence-electron chi connectivity index (χ1n) is 12.2. The summed E-state index contributed by atoms with van der Waals surface area (Å²) in [5.74, 6) is 0.293. The summed E-state index contributed by atoms with van der Waals surface area (Å²) >= 11 is 0. The molecule has 5 aliphatic rings. The van der Waals surface area contributed by atoms with E-state index >= 15 is 0 Å². The third-order valence-electron chi connectivity index (χ3n) is 9.70. The summed E-state index contributed by atoms with van der Waals surface area (Å²) in [5.41, 5.74) is -0.323. The number of rotatable bonds is 1. The number of fused-ring (bicyclic) bond motifs is 6. The first kappa shape index (κ1) is 22.9. The van der Waals surface area contributed by atoms with Gasteiger partial charge in [0.25, 0.3) is 0 Å². The Labute approximate surface area is 194 Å². The van der Waals surface area contributed by atoms with Crippen LogP contribution in [0.3, 0.4) is 0 Å². The van der Waals surface area contributed by atoms with E-state index in [9.17, 15) is 19.5 Å². The predicted octanol–water partition coefficient (Wildman–Crippen LogP) is 2.90. The van der Waals surface area contributed by atoms with Gasteiger partial charge in [-0.25, -0.2) is 4.79 Å². The average molecular weight is 459 g/mol. The Morgan fingerprint density at radius 3 is 2.61 bits per heavy atom. The van der Waals surface area contributed by atoms with Gasteiger partial charge in [-0.3, -0.25) is 9.59 Å². The molecule has 1 saturated heterocycles. The summed E-state index contributed by atoms with van der Waals surface area (Å²) in [4.78, 5) is 37.8. The lowest BCUT2D eigenvalue weighted by atomic mass is 9.47. The highest BCUT2D eigenvalue weighted by molar-refractivity contribution is 6.01. The van der Waals surface area contributed by atoms with Crippen molar-refractivity contribution in [2.24, 2.45) is 28.6 Å². The monoisotopic (exact) mass is 458 g/mol. The molecule has 5 rings (SSSR count). The van der Waals surface area contributed by atoms with Crippen LogP contribution in [0.15, 0.2) is 23.8 Å². The van der Waals surface area contributed by atoms with E-state index in [0.29, 0.717) is 24.2 Å². The molecular formula is C26H34O7. The normalized spacial score (nSPS) is 46.3. The molecule has 0 aromatic heterocycles. The SMILES string of the molecule is CC(O)C1OCO[C@@]2(CC[C@H]3[C@@H]4CCC5=CC(=O)C=C[C@]5(C)[C@H]4CC[C@@]32C)C(=O)COC1=O. The summed E-state index contributed by atoms with van der Waals surface area (Å²) in [6, 6.07) is 0. The molecule has 0 aromatic carbocycles. The van der Waals surface area contributed by atoms with Gasteiger partial charge in [-0.05, 0) is 75.4 Å². The Morgan fingerprint density at radius 1 is 1.09 bits per heavy atom. The van der Waals surface area contributed by atoms with Crippen LogP contribution in [0, 0.1) is 28.6 Å². The van der Waals surface area contributed by atoms with Crippen LogP contribution in [0.2, 0.25) is 0 Å². The number of hydrogen-bond donors (Lipinski definition) is 1. The first-order chi connectivity index (χ1) is 15.6. The lowest BCUT2D eigenvalue weighted by Gasteiger charge is -2.58. The number of ether oxygens (including phenoxy) is 3. The van der Waals surface area contributed by atoms with E-state index in [0.717, 1.165) is 32.1 Å². The van der Waals surface area contributed by atoms with Crippen LogP contribution in [0.25, 0.3) is 0 Å². The molecule has 8 atom stereocenters. The Morgan fingerprint density at radius 2 is 1.85 bits per heavy atom.